The minimum atomic E-state index is -0.835. The van der Waals surface area contributed by atoms with Crippen molar-refractivity contribution < 1.29 is 28.5 Å². The second-order valence-electron chi connectivity index (χ2n) is 11.2. The number of benzene rings is 2. The topological polar surface area (TPSA) is 113 Å². The Hall–Kier alpha value is -3.92. The van der Waals surface area contributed by atoms with Crippen molar-refractivity contribution in [1.29, 1.82) is 0 Å². The van der Waals surface area contributed by atoms with E-state index in [1.165, 1.54) is 7.11 Å². The van der Waals surface area contributed by atoms with Gasteiger partial charge in [-0.05, 0) is 89.9 Å². The first kappa shape index (κ1) is 31.6. The number of aromatic nitrogens is 3. The lowest BCUT2D eigenvalue weighted by Gasteiger charge is -2.28. The molecule has 3 rings (SSSR count). The molecule has 0 aliphatic carbocycles. The van der Waals surface area contributed by atoms with Crippen LogP contribution in [-0.4, -0.2) is 57.0 Å². The van der Waals surface area contributed by atoms with Crippen LogP contribution in [0, 0.1) is 0 Å². The van der Waals surface area contributed by atoms with Crippen LogP contribution in [-0.2, 0) is 16.0 Å². The van der Waals surface area contributed by atoms with Crippen LogP contribution in [0.4, 0.5) is 9.59 Å². The summed E-state index contributed by atoms with van der Waals surface area (Å²) in [5.41, 5.74) is 0.118. The van der Waals surface area contributed by atoms with Crippen molar-refractivity contribution in [3.05, 3.63) is 53.1 Å². The fourth-order valence-corrected chi connectivity index (χ4v) is 3.68. The summed E-state index contributed by atoms with van der Waals surface area (Å²) in [6.07, 6.45) is -0.763. The standard InChI is InChI=1S/C30H37ClN4O6/c1-9-16-39-21-13-11-20(12-14-21)24-32-25(34-26(33-24)38-8)22-17-19(10-15-23(22)31)18-35(27(36)40-29(2,3)4)28(37)41-30(5,6)7/h10-15,17H,9,16,18H2,1-8H3. The summed E-state index contributed by atoms with van der Waals surface area (Å²) in [5.74, 6) is 1.37. The number of nitrogens with zero attached hydrogens (tertiary/aromatic N) is 4. The van der Waals surface area contributed by atoms with Crippen molar-refractivity contribution in [2.45, 2.75) is 72.6 Å². The van der Waals surface area contributed by atoms with Gasteiger partial charge in [-0.15, -0.1) is 0 Å². The van der Waals surface area contributed by atoms with Gasteiger partial charge in [-0.2, -0.15) is 9.97 Å². The van der Waals surface area contributed by atoms with Gasteiger partial charge < -0.3 is 18.9 Å². The number of halogens is 1. The summed E-state index contributed by atoms with van der Waals surface area (Å²) in [4.78, 5) is 40.3. The molecule has 0 aliphatic rings. The molecule has 220 valence electrons. The summed E-state index contributed by atoms with van der Waals surface area (Å²) >= 11 is 6.58. The molecular formula is C30H37ClN4O6. The largest absolute Gasteiger partial charge is 0.494 e. The maximum absolute atomic E-state index is 13.0. The molecule has 0 saturated heterocycles. The average Bonchev–Trinajstić information content (AvgIpc) is 2.89. The number of carbonyl (C=O) groups is 2. The van der Waals surface area contributed by atoms with Gasteiger partial charge in [0.05, 0.1) is 25.3 Å². The van der Waals surface area contributed by atoms with Crippen molar-refractivity contribution in [1.82, 2.24) is 19.9 Å². The predicted octanol–water partition coefficient (Wildman–Crippen LogP) is 7.33. The van der Waals surface area contributed by atoms with Crippen LogP contribution in [0.25, 0.3) is 22.8 Å². The van der Waals surface area contributed by atoms with Crippen molar-refractivity contribution in [2.75, 3.05) is 13.7 Å². The van der Waals surface area contributed by atoms with E-state index in [0.717, 1.165) is 22.6 Å². The number of rotatable bonds is 8. The van der Waals surface area contributed by atoms with E-state index in [0.29, 0.717) is 28.6 Å². The molecule has 0 fully saturated rings. The SMILES string of the molecule is CCCOc1ccc(-c2nc(OC)nc(-c3cc(CN(C(=O)OC(C)(C)C)C(=O)OC(C)(C)C)ccc3Cl)n2)cc1. The highest BCUT2D eigenvalue weighted by Crippen LogP contribution is 2.30. The summed E-state index contributed by atoms with van der Waals surface area (Å²) in [6, 6.07) is 12.5. The van der Waals surface area contributed by atoms with Gasteiger partial charge in [-0.25, -0.2) is 19.5 Å². The Morgan fingerprint density at radius 1 is 0.854 bits per heavy atom. The Morgan fingerprint density at radius 3 is 1.98 bits per heavy atom. The maximum Gasteiger partial charge on any atom is 0.420 e. The smallest absolute Gasteiger partial charge is 0.420 e. The summed E-state index contributed by atoms with van der Waals surface area (Å²) in [5, 5.41) is 0.359. The van der Waals surface area contributed by atoms with E-state index < -0.39 is 23.4 Å². The molecule has 0 atom stereocenters. The van der Waals surface area contributed by atoms with Gasteiger partial charge in [0.2, 0.25) is 0 Å². The van der Waals surface area contributed by atoms with Crippen LogP contribution < -0.4 is 9.47 Å². The Kier molecular flexibility index (Phi) is 10.1. The Balaban J connectivity index is 1.99. The zero-order chi connectivity index (χ0) is 30.4. The molecule has 10 nitrogen and oxygen atoms in total. The molecule has 2 aromatic carbocycles. The molecule has 11 heteroatoms. The van der Waals surface area contributed by atoms with E-state index in [1.54, 1.807) is 59.7 Å². The highest BCUT2D eigenvalue weighted by Gasteiger charge is 2.31. The molecule has 41 heavy (non-hydrogen) atoms. The Labute approximate surface area is 246 Å². The second-order valence-corrected chi connectivity index (χ2v) is 11.6. The van der Waals surface area contributed by atoms with Crippen LogP contribution >= 0.6 is 11.6 Å². The number of hydrogen-bond acceptors (Lipinski definition) is 9. The lowest BCUT2D eigenvalue weighted by atomic mass is 10.1. The zero-order valence-electron chi connectivity index (χ0n) is 24.8. The van der Waals surface area contributed by atoms with Gasteiger partial charge >= 0.3 is 18.2 Å². The number of amides is 2. The van der Waals surface area contributed by atoms with Crippen molar-refractivity contribution in [3.63, 3.8) is 0 Å². The average molecular weight is 585 g/mol. The van der Waals surface area contributed by atoms with E-state index in [-0.39, 0.29) is 18.4 Å². The maximum atomic E-state index is 13.0. The minimum Gasteiger partial charge on any atom is -0.494 e. The van der Waals surface area contributed by atoms with E-state index >= 15 is 0 Å². The fourth-order valence-electron chi connectivity index (χ4n) is 3.48. The molecule has 0 N–H and O–H groups in total. The molecule has 3 aromatic rings. The minimum absolute atomic E-state index is 0.0990. The molecule has 0 unspecified atom stereocenters. The van der Waals surface area contributed by atoms with Crippen LogP contribution in [0.1, 0.15) is 60.5 Å². The normalized spacial score (nSPS) is 11.5. The third-order valence-corrected chi connectivity index (χ3v) is 5.55. The second kappa shape index (κ2) is 13.2. The monoisotopic (exact) mass is 584 g/mol. The first-order chi connectivity index (χ1) is 19.2. The molecule has 0 saturated carbocycles. The van der Waals surface area contributed by atoms with E-state index in [9.17, 15) is 9.59 Å². The quantitative estimate of drug-likeness (QED) is 0.268. The van der Waals surface area contributed by atoms with Crippen molar-refractivity contribution >= 4 is 23.8 Å². The Morgan fingerprint density at radius 2 is 1.44 bits per heavy atom. The summed E-state index contributed by atoms with van der Waals surface area (Å²) in [7, 11) is 1.46. The van der Waals surface area contributed by atoms with Crippen LogP contribution in [0.2, 0.25) is 5.02 Å². The lowest BCUT2D eigenvalue weighted by Crippen LogP contribution is -2.43. The molecule has 0 bridgehead atoms. The zero-order valence-corrected chi connectivity index (χ0v) is 25.5. The van der Waals surface area contributed by atoms with Gasteiger partial charge in [0.25, 0.3) is 0 Å². The van der Waals surface area contributed by atoms with Crippen LogP contribution in [0.3, 0.4) is 0 Å². The van der Waals surface area contributed by atoms with Crippen LogP contribution in [0.15, 0.2) is 42.5 Å². The van der Waals surface area contributed by atoms with E-state index in [2.05, 4.69) is 15.0 Å². The first-order valence-electron chi connectivity index (χ1n) is 13.2. The van der Waals surface area contributed by atoms with E-state index in [4.69, 9.17) is 30.5 Å². The molecule has 0 radical (unpaired) electrons. The fraction of sp³-hybridized carbons (Fsp3) is 0.433. The summed E-state index contributed by atoms with van der Waals surface area (Å²) in [6.45, 7) is 12.8. The predicted molar refractivity (Wildman–Crippen MR) is 156 cm³/mol. The molecule has 1 heterocycles. The molecule has 0 spiro atoms. The highest BCUT2D eigenvalue weighted by molar-refractivity contribution is 6.33. The molecular weight excluding hydrogens is 548 g/mol. The third-order valence-electron chi connectivity index (χ3n) is 5.22. The third kappa shape index (κ3) is 9.31. The van der Waals surface area contributed by atoms with Crippen molar-refractivity contribution in [3.8, 4) is 34.5 Å². The highest BCUT2D eigenvalue weighted by atomic mass is 35.5. The van der Waals surface area contributed by atoms with Gasteiger partial charge in [-0.3, -0.25) is 0 Å². The number of methoxy groups -OCH3 is 1. The molecule has 0 aliphatic heterocycles. The van der Waals surface area contributed by atoms with Gasteiger partial charge in [0.15, 0.2) is 11.6 Å². The van der Waals surface area contributed by atoms with Crippen molar-refractivity contribution in [2.24, 2.45) is 0 Å². The number of hydrogen-bond donors (Lipinski definition) is 0. The van der Waals surface area contributed by atoms with Gasteiger partial charge in [0, 0.05) is 11.1 Å². The number of imide groups is 1. The first-order valence-corrected chi connectivity index (χ1v) is 13.6. The molecule has 1 aromatic heterocycles. The lowest BCUT2D eigenvalue weighted by molar-refractivity contribution is -0.000251. The number of carbonyl (C=O) groups excluding carboxylic acids is 2. The summed E-state index contributed by atoms with van der Waals surface area (Å²) < 4.78 is 22.0. The Bertz CT molecular complexity index is 1340. The number of ether oxygens (including phenoxy) is 4. The van der Waals surface area contributed by atoms with Crippen LogP contribution in [0.5, 0.6) is 11.8 Å². The molecule has 2 amide bonds. The van der Waals surface area contributed by atoms with Gasteiger partial charge in [0.1, 0.15) is 17.0 Å². The van der Waals surface area contributed by atoms with Gasteiger partial charge in [-0.1, -0.05) is 24.6 Å². The van der Waals surface area contributed by atoms with E-state index in [1.807, 2.05) is 31.2 Å².